The Labute approximate surface area is 184 Å². The van der Waals surface area contributed by atoms with Crippen LogP contribution in [0.2, 0.25) is 0 Å². The van der Waals surface area contributed by atoms with Gasteiger partial charge in [0.15, 0.2) is 0 Å². The Hall–Kier alpha value is -3.47. The maximum absolute atomic E-state index is 12.6. The van der Waals surface area contributed by atoms with E-state index in [0.717, 1.165) is 44.7 Å². The summed E-state index contributed by atoms with van der Waals surface area (Å²) in [5, 5.41) is 7.25. The van der Waals surface area contributed by atoms with Gasteiger partial charge >= 0.3 is 0 Å². The van der Waals surface area contributed by atoms with Gasteiger partial charge in [0, 0.05) is 54.3 Å². The van der Waals surface area contributed by atoms with E-state index in [1.807, 2.05) is 46.1 Å². The van der Waals surface area contributed by atoms with Gasteiger partial charge in [0.25, 0.3) is 5.91 Å². The van der Waals surface area contributed by atoms with E-state index in [2.05, 4.69) is 52.3 Å². The number of fused-ring (bicyclic) bond motifs is 1. The van der Waals surface area contributed by atoms with Crippen molar-refractivity contribution < 1.29 is 4.79 Å². The third-order valence-corrected chi connectivity index (χ3v) is 5.36. The summed E-state index contributed by atoms with van der Waals surface area (Å²) in [6.45, 7) is 12.4. The summed E-state index contributed by atoms with van der Waals surface area (Å²) in [7, 11) is 1.85. The van der Waals surface area contributed by atoms with Gasteiger partial charge in [-0.2, -0.15) is 0 Å². The van der Waals surface area contributed by atoms with E-state index in [-0.39, 0.29) is 5.91 Å². The van der Waals surface area contributed by atoms with Crippen LogP contribution in [0.5, 0.6) is 0 Å². The Balaban J connectivity index is 1.69. The van der Waals surface area contributed by atoms with Gasteiger partial charge in [-0.05, 0) is 74.7 Å². The molecular formula is C26H30N4O. The average molecular weight is 415 g/mol. The molecule has 0 fully saturated rings. The first-order valence-electron chi connectivity index (χ1n) is 10.4. The quantitative estimate of drug-likeness (QED) is 0.445. The summed E-state index contributed by atoms with van der Waals surface area (Å²) in [5.41, 5.74) is 8.65. The van der Waals surface area contributed by atoms with Crippen molar-refractivity contribution in [3.05, 3.63) is 94.1 Å². The molecule has 0 atom stereocenters. The van der Waals surface area contributed by atoms with Crippen molar-refractivity contribution >= 4 is 16.8 Å². The molecule has 0 spiro atoms. The fourth-order valence-corrected chi connectivity index (χ4v) is 3.70. The molecule has 2 heterocycles. The minimum atomic E-state index is -0.195. The van der Waals surface area contributed by atoms with Crippen LogP contribution in [-0.2, 0) is 17.8 Å². The molecule has 31 heavy (non-hydrogen) atoms. The first kappa shape index (κ1) is 22.2. The number of nitrogens with zero attached hydrogens (tertiary/aromatic N) is 2. The number of carbonyl (C=O) groups excluding carboxylic acids is 1. The minimum Gasteiger partial charge on any atom is -0.391 e. The van der Waals surface area contributed by atoms with E-state index in [4.69, 9.17) is 0 Å². The molecule has 0 radical (unpaired) electrons. The number of benzene rings is 1. The molecule has 3 aromatic rings. The van der Waals surface area contributed by atoms with Gasteiger partial charge in [-0.15, -0.1) is 0 Å². The summed E-state index contributed by atoms with van der Waals surface area (Å²) in [6, 6.07) is 10.4. The van der Waals surface area contributed by atoms with Gasteiger partial charge in [0.1, 0.15) is 0 Å². The number of amides is 1. The molecular weight excluding hydrogens is 384 g/mol. The second-order valence-electron chi connectivity index (χ2n) is 7.99. The van der Waals surface area contributed by atoms with Gasteiger partial charge in [-0.3, -0.25) is 14.8 Å². The van der Waals surface area contributed by atoms with Crippen LogP contribution >= 0.6 is 0 Å². The Bertz CT molecular complexity index is 1150. The minimum absolute atomic E-state index is 0.195. The molecule has 0 saturated carbocycles. The summed E-state index contributed by atoms with van der Waals surface area (Å²) in [4.78, 5) is 21.6. The number of rotatable bonds is 7. The van der Waals surface area contributed by atoms with Crippen molar-refractivity contribution in [2.75, 3.05) is 7.05 Å². The number of hydrogen-bond acceptors (Lipinski definition) is 4. The number of hydrogen-bond donors (Lipinski definition) is 2. The predicted molar refractivity (Wildman–Crippen MR) is 127 cm³/mol. The van der Waals surface area contributed by atoms with Gasteiger partial charge in [0.2, 0.25) is 0 Å². The largest absolute Gasteiger partial charge is 0.391 e. The van der Waals surface area contributed by atoms with E-state index in [9.17, 15) is 4.79 Å². The Morgan fingerprint density at radius 2 is 1.90 bits per heavy atom. The highest BCUT2D eigenvalue weighted by molar-refractivity contribution is 5.95. The average Bonchev–Trinajstić information content (AvgIpc) is 2.71. The highest BCUT2D eigenvalue weighted by atomic mass is 16.1. The van der Waals surface area contributed by atoms with Gasteiger partial charge in [-0.25, -0.2) is 0 Å². The van der Waals surface area contributed by atoms with Crippen LogP contribution in [-0.4, -0.2) is 22.9 Å². The number of pyridine rings is 2. The number of likely N-dealkylation sites (N-methyl/N-ethyl adjacent to an activating group) is 1. The zero-order valence-corrected chi connectivity index (χ0v) is 19.0. The van der Waals surface area contributed by atoms with Crippen LogP contribution in [0.15, 0.2) is 60.5 Å². The zero-order valence-electron chi connectivity index (χ0n) is 19.0. The number of aryl methyl sites for hydroxylation is 4. The summed E-state index contributed by atoms with van der Waals surface area (Å²) in [5.74, 6) is -0.195. The molecule has 0 aliphatic heterocycles. The third-order valence-electron chi connectivity index (χ3n) is 5.36. The molecule has 0 bridgehead atoms. The molecule has 0 saturated heterocycles. The second-order valence-corrected chi connectivity index (χ2v) is 7.99. The SMILES string of the molecule is C=C(/C=C(/Cc1cnc2ccc(C)cc2c1)NC)C(=O)NCc1c(C)cc(C)nc1C. The van der Waals surface area contributed by atoms with Gasteiger partial charge in [0.05, 0.1) is 5.52 Å². The fraction of sp³-hybridized carbons (Fsp3) is 0.269. The first-order valence-corrected chi connectivity index (χ1v) is 10.4. The van der Waals surface area contributed by atoms with E-state index >= 15 is 0 Å². The van der Waals surface area contributed by atoms with Crippen LogP contribution in [0, 0.1) is 27.7 Å². The molecule has 0 aliphatic carbocycles. The smallest absolute Gasteiger partial charge is 0.251 e. The summed E-state index contributed by atoms with van der Waals surface area (Å²) >= 11 is 0. The summed E-state index contributed by atoms with van der Waals surface area (Å²) in [6.07, 6.45) is 4.31. The van der Waals surface area contributed by atoms with E-state index in [1.54, 1.807) is 6.08 Å². The Kier molecular flexibility index (Phi) is 6.85. The monoisotopic (exact) mass is 414 g/mol. The maximum atomic E-state index is 12.6. The van der Waals surface area contributed by atoms with Crippen molar-refractivity contribution in [2.45, 2.75) is 40.7 Å². The van der Waals surface area contributed by atoms with Crippen molar-refractivity contribution in [2.24, 2.45) is 0 Å². The van der Waals surface area contributed by atoms with Gasteiger partial charge < -0.3 is 10.6 Å². The van der Waals surface area contributed by atoms with Crippen molar-refractivity contribution in [3.8, 4) is 0 Å². The molecule has 160 valence electrons. The molecule has 3 rings (SSSR count). The van der Waals surface area contributed by atoms with Crippen LogP contribution in [0.4, 0.5) is 0 Å². The van der Waals surface area contributed by atoms with Crippen LogP contribution in [0.1, 0.15) is 33.6 Å². The highest BCUT2D eigenvalue weighted by Crippen LogP contribution is 2.17. The molecule has 5 nitrogen and oxygen atoms in total. The normalized spacial score (nSPS) is 11.5. The van der Waals surface area contributed by atoms with E-state index < -0.39 is 0 Å². The summed E-state index contributed by atoms with van der Waals surface area (Å²) < 4.78 is 0. The van der Waals surface area contributed by atoms with Gasteiger partial charge in [-0.1, -0.05) is 18.2 Å². The lowest BCUT2D eigenvalue weighted by atomic mass is 10.1. The number of allylic oxidation sites excluding steroid dienone is 1. The molecule has 2 aromatic heterocycles. The number of carbonyl (C=O) groups is 1. The standard InChI is InChI=1S/C26H30N4O/c1-16-7-8-25-22(9-16)12-21(14-28-25)13-23(27-6)11-18(3)26(31)29-15-24-17(2)10-19(4)30-20(24)5/h7-12,14,27H,3,13,15H2,1-2,4-6H3,(H,29,31)/b23-11-. The highest BCUT2D eigenvalue weighted by Gasteiger charge is 2.10. The molecule has 1 amide bonds. The first-order chi connectivity index (χ1) is 14.8. The topological polar surface area (TPSA) is 66.9 Å². The van der Waals surface area contributed by atoms with E-state index in [0.29, 0.717) is 18.5 Å². The lowest BCUT2D eigenvalue weighted by molar-refractivity contribution is -0.117. The van der Waals surface area contributed by atoms with E-state index in [1.165, 1.54) is 5.56 Å². The van der Waals surface area contributed by atoms with Crippen molar-refractivity contribution in [1.29, 1.82) is 0 Å². The molecule has 1 aromatic carbocycles. The number of aromatic nitrogens is 2. The lowest BCUT2D eigenvalue weighted by Gasteiger charge is -2.13. The third kappa shape index (κ3) is 5.57. The molecule has 5 heteroatoms. The van der Waals surface area contributed by atoms with Crippen molar-refractivity contribution in [3.63, 3.8) is 0 Å². The molecule has 0 aliphatic rings. The predicted octanol–water partition coefficient (Wildman–Crippen LogP) is 4.38. The van der Waals surface area contributed by atoms with Crippen LogP contribution in [0.3, 0.4) is 0 Å². The number of nitrogens with one attached hydrogen (secondary N) is 2. The van der Waals surface area contributed by atoms with Crippen molar-refractivity contribution in [1.82, 2.24) is 20.6 Å². The molecule has 2 N–H and O–H groups in total. The second kappa shape index (κ2) is 9.56. The zero-order chi connectivity index (χ0) is 22.5. The Morgan fingerprint density at radius 3 is 2.61 bits per heavy atom. The lowest BCUT2D eigenvalue weighted by Crippen LogP contribution is -2.25. The maximum Gasteiger partial charge on any atom is 0.251 e. The van der Waals surface area contributed by atoms with Crippen LogP contribution in [0.25, 0.3) is 10.9 Å². The molecule has 0 unspecified atom stereocenters. The van der Waals surface area contributed by atoms with Crippen LogP contribution < -0.4 is 10.6 Å². The Morgan fingerprint density at radius 1 is 1.13 bits per heavy atom. The fourth-order valence-electron chi connectivity index (χ4n) is 3.70.